The summed E-state index contributed by atoms with van der Waals surface area (Å²) in [5.41, 5.74) is 0. The van der Waals surface area contributed by atoms with Gasteiger partial charge in [-0.15, -0.1) is 12.3 Å². The summed E-state index contributed by atoms with van der Waals surface area (Å²) in [6.45, 7) is 0.349. The number of terminal acetylenes is 1. The van der Waals surface area contributed by atoms with Gasteiger partial charge in [0.1, 0.15) is 6.61 Å². The molecule has 0 unspecified atom stereocenters. The average Bonchev–Trinajstić information content (AvgIpc) is 2.09. The Labute approximate surface area is 69.6 Å². The molecule has 0 radical (unpaired) electrons. The van der Waals surface area contributed by atoms with Crippen LogP contribution >= 0.6 is 0 Å². The van der Waals surface area contributed by atoms with Crippen molar-refractivity contribution >= 4 is 0 Å². The molecule has 0 aromatic carbocycles. The van der Waals surface area contributed by atoms with E-state index in [2.05, 4.69) is 15.9 Å². The Bertz CT molecular complexity index is 278. The lowest BCUT2D eigenvalue weighted by Crippen LogP contribution is -1.99. The fourth-order valence-corrected chi connectivity index (χ4v) is 0.576. The van der Waals surface area contributed by atoms with Gasteiger partial charge >= 0.3 is 6.01 Å². The van der Waals surface area contributed by atoms with E-state index in [0.29, 0.717) is 13.0 Å². The lowest BCUT2D eigenvalue weighted by Gasteiger charge is -1.99. The number of ether oxygens (including phenoxy) is 1. The van der Waals surface area contributed by atoms with Gasteiger partial charge < -0.3 is 4.74 Å². The Morgan fingerprint density at radius 1 is 1.50 bits per heavy atom. The summed E-state index contributed by atoms with van der Waals surface area (Å²) in [5.74, 6) is 1.91. The minimum absolute atomic E-state index is 0.145. The van der Waals surface area contributed by atoms with E-state index < -0.39 is 5.82 Å². The number of hydrogen-bond donors (Lipinski definition) is 0. The highest BCUT2D eigenvalue weighted by atomic mass is 19.1. The van der Waals surface area contributed by atoms with Crippen molar-refractivity contribution in [2.24, 2.45) is 0 Å². The topological polar surface area (TPSA) is 35.0 Å². The molecular weight excluding hydrogens is 159 g/mol. The van der Waals surface area contributed by atoms with E-state index in [-0.39, 0.29) is 6.01 Å². The first kappa shape index (κ1) is 8.47. The summed E-state index contributed by atoms with van der Waals surface area (Å²) < 4.78 is 17.2. The number of rotatable bonds is 3. The van der Waals surface area contributed by atoms with Crippen molar-refractivity contribution in [1.82, 2.24) is 9.97 Å². The van der Waals surface area contributed by atoms with Gasteiger partial charge in [-0.2, -0.15) is 0 Å². The standard InChI is InChI=1S/C8H7FN2O/c1-2-3-4-12-8-10-5-7(9)6-11-8/h1,5-6H,3-4H2. The molecule has 62 valence electrons. The predicted octanol–water partition coefficient (Wildman–Crippen LogP) is 1.02. The molecule has 0 aliphatic rings. The maximum Gasteiger partial charge on any atom is 0.316 e. The van der Waals surface area contributed by atoms with Crippen molar-refractivity contribution in [2.75, 3.05) is 6.61 Å². The number of nitrogens with zero attached hydrogens (tertiary/aromatic N) is 2. The summed E-state index contributed by atoms with van der Waals surface area (Å²) in [6, 6.07) is 0.145. The molecule has 0 aliphatic carbocycles. The van der Waals surface area contributed by atoms with Gasteiger partial charge in [0, 0.05) is 6.42 Å². The molecule has 0 saturated carbocycles. The molecule has 0 bridgehead atoms. The van der Waals surface area contributed by atoms with Gasteiger partial charge in [0.05, 0.1) is 12.4 Å². The van der Waals surface area contributed by atoms with Gasteiger partial charge in [-0.3, -0.25) is 0 Å². The zero-order chi connectivity index (χ0) is 8.81. The van der Waals surface area contributed by atoms with Gasteiger partial charge in [0.25, 0.3) is 0 Å². The van der Waals surface area contributed by atoms with Gasteiger partial charge in [-0.05, 0) is 0 Å². The normalized spacial score (nSPS) is 9.00. The summed E-state index contributed by atoms with van der Waals surface area (Å²) in [5, 5.41) is 0. The van der Waals surface area contributed by atoms with Crippen molar-refractivity contribution in [3.63, 3.8) is 0 Å². The van der Waals surface area contributed by atoms with Crippen molar-refractivity contribution in [3.8, 4) is 18.4 Å². The van der Waals surface area contributed by atoms with Crippen LogP contribution in [0.3, 0.4) is 0 Å². The Kier molecular flexibility index (Phi) is 3.03. The maximum absolute atomic E-state index is 12.3. The SMILES string of the molecule is C#CCCOc1ncc(F)cn1. The molecule has 12 heavy (non-hydrogen) atoms. The Morgan fingerprint density at radius 2 is 2.17 bits per heavy atom. The Balaban J connectivity index is 2.43. The minimum Gasteiger partial charge on any atom is -0.462 e. The third-order valence-corrected chi connectivity index (χ3v) is 1.07. The predicted molar refractivity (Wildman–Crippen MR) is 40.9 cm³/mol. The molecule has 0 saturated heterocycles. The fourth-order valence-electron chi connectivity index (χ4n) is 0.576. The van der Waals surface area contributed by atoms with Crippen molar-refractivity contribution < 1.29 is 9.13 Å². The van der Waals surface area contributed by atoms with Crippen LogP contribution in [0.15, 0.2) is 12.4 Å². The molecular formula is C8H7FN2O. The van der Waals surface area contributed by atoms with Gasteiger partial charge in [0.15, 0.2) is 5.82 Å². The molecule has 0 amide bonds. The molecule has 0 spiro atoms. The monoisotopic (exact) mass is 166 g/mol. The summed E-state index contributed by atoms with van der Waals surface area (Å²) in [7, 11) is 0. The van der Waals surface area contributed by atoms with Crippen LogP contribution in [0.1, 0.15) is 6.42 Å². The lowest BCUT2D eigenvalue weighted by atomic mass is 10.5. The molecule has 0 atom stereocenters. The highest BCUT2D eigenvalue weighted by Crippen LogP contribution is 2.00. The number of hydrogen-bond acceptors (Lipinski definition) is 3. The highest BCUT2D eigenvalue weighted by Gasteiger charge is 1.95. The second-order valence-electron chi connectivity index (χ2n) is 1.99. The van der Waals surface area contributed by atoms with Crippen molar-refractivity contribution in [1.29, 1.82) is 0 Å². The van der Waals surface area contributed by atoms with Gasteiger partial charge in [0.2, 0.25) is 0 Å². The van der Waals surface area contributed by atoms with E-state index in [1.54, 1.807) is 0 Å². The van der Waals surface area contributed by atoms with Gasteiger partial charge in [-0.25, -0.2) is 14.4 Å². The first-order valence-electron chi connectivity index (χ1n) is 3.36. The third kappa shape index (κ3) is 2.54. The molecule has 0 aliphatic heterocycles. The molecule has 1 aromatic rings. The lowest BCUT2D eigenvalue weighted by molar-refractivity contribution is 0.299. The van der Waals surface area contributed by atoms with Crippen LogP contribution in [-0.4, -0.2) is 16.6 Å². The zero-order valence-corrected chi connectivity index (χ0v) is 6.33. The van der Waals surface area contributed by atoms with E-state index >= 15 is 0 Å². The smallest absolute Gasteiger partial charge is 0.316 e. The second kappa shape index (κ2) is 4.29. The number of aromatic nitrogens is 2. The minimum atomic E-state index is -0.487. The molecule has 4 heteroatoms. The average molecular weight is 166 g/mol. The van der Waals surface area contributed by atoms with Crippen LogP contribution < -0.4 is 4.74 Å². The van der Waals surface area contributed by atoms with Crippen molar-refractivity contribution in [2.45, 2.75) is 6.42 Å². The quantitative estimate of drug-likeness (QED) is 0.496. The largest absolute Gasteiger partial charge is 0.462 e. The van der Waals surface area contributed by atoms with Crippen molar-refractivity contribution in [3.05, 3.63) is 18.2 Å². The first-order chi connectivity index (χ1) is 5.83. The van der Waals surface area contributed by atoms with E-state index in [9.17, 15) is 4.39 Å². The molecule has 1 rings (SSSR count). The molecule has 0 fully saturated rings. The Hall–Kier alpha value is -1.63. The molecule has 0 N–H and O–H groups in total. The van der Waals surface area contributed by atoms with Crippen LogP contribution in [0.4, 0.5) is 4.39 Å². The second-order valence-corrected chi connectivity index (χ2v) is 1.99. The molecule has 1 aromatic heterocycles. The molecule has 1 heterocycles. The van der Waals surface area contributed by atoms with Crippen LogP contribution in [0, 0.1) is 18.2 Å². The van der Waals surface area contributed by atoms with Crippen LogP contribution in [0.5, 0.6) is 6.01 Å². The highest BCUT2D eigenvalue weighted by molar-refractivity contribution is 4.96. The summed E-state index contributed by atoms with van der Waals surface area (Å²) >= 11 is 0. The van der Waals surface area contributed by atoms with E-state index in [1.165, 1.54) is 0 Å². The number of halogens is 1. The molecule has 3 nitrogen and oxygen atoms in total. The fraction of sp³-hybridized carbons (Fsp3) is 0.250. The van der Waals surface area contributed by atoms with Crippen LogP contribution in [0.2, 0.25) is 0 Å². The maximum atomic E-state index is 12.3. The van der Waals surface area contributed by atoms with E-state index in [1.807, 2.05) is 0 Å². The van der Waals surface area contributed by atoms with Crippen LogP contribution in [0.25, 0.3) is 0 Å². The Morgan fingerprint density at radius 3 is 2.75 bits per heavy atom. The third-order valence-electron chi connectivity index (χ3n) is 1.07. The first-order valence-corrected chi connectivity index (χ1v) is 3.36. The van der Waals surface area contributed by atoms with E-state index in [0.717, 1.165) is 12.4 Å². The summed E-state index contributed by atoms with van der Waals surface area (Å²) in [4.78, 5) is 7.15. The zero-order valence-electron chi connectivity index (χ0n) is 6.33. The van der Waals surface area contributed by atoms with E-state index in [4.69, 9.17) is 11.2 Å². The summed E-state index contributed by atoms with van der Waals surface area (Å²) in [6.07, 6.45) is 7.55. The van der Waals surface area contributed by atoms with Gasteiger partial charge in [-0.1, -0.05) is 0 Å². The van der Waals surface area contributed by atoms with Crippen LogP contribution in [-0.2, 0) is 0 Å².